The maximum atomic E-state index is 5.92. The molecule has 2 heterocycles. The Balaban J connectivity index is 2.16. The second kappa shape index (κ2) is 6.31. The van der Waals surface area contributed by atoms with Crippen LogP contribution < -0.4 is 15.4 Å². The number of aromatic nitrogens is 1. The van der Waals surface area contributed by atoms with E-state index in [1.807, 2.05) is 12.1 Å². The van der Waals surface area contributed by atoms with Crippen LogP contribution in [0, 0.1) is 0 Å². The monoisotopic (exact) mass is 278 g/mol. The van der Waals surface area contributed by atoms with Gasteiger partial charge in [0.25, 0.3) is 0 Å². The van der Waals surface area contributed by atoms with E-state index in [0.717, 1.165) is 25.3 Å². The first kappa shape index (κ1) is 14.9. The first-order chi connectivity index (χ1) is 9.52. The van der Waals surface area contributed by atoms with Gasteiger partial charge in [-0.05, 0) is 39.4 Å². The summed E-state index contributed by atoms with van der Waals surface area (Å²) >= 11 is 0. The van der Waals surface area contributed by atoms with Gasteiger partial charge >= 0.3 is 0 Å². The maximum absolute atomic E-state index is 5.92. The smallest absolute Gasteiger partial charge is 0.239 e. The SMILES string of the molecule is CCCOc1nc(N2CC(C)N(C)C(C)C2)ccc1N. The lowest BCUT2D eigenvalue weighted by Crippen LogP contribution is -2.55. The summed E-state index contributed by atoms with van der Waals surface area (Å²) in [5.41, 5.74) is 6.53. The highest BCUT2D eigenvalue weighted by Crippen LogP contribution is 2.26. The normalized spacial score (nSPS) is 23.9. The second-order valence-corrected chi connectivity index (χ2v) is 5.68. The Morgan fingerprint density at radius 2 is 1.95 bits per heavy atom. The van der Waals surface area contributed by atoms with Crippen LogP contribution in [0.5, 0.6) is 5.88 Å². The molecule has 2 rings (SSSR count). The number of ether oxygens (including phenoxy) is 1. The summed E-state index contributed by atoms with van der Waals surface area (Å²) in [6.07, 6.45) is 0.952. The molecule has 1 aliphatic rings. The predicted molar refractivity (Wildman–Crippen MR) is 83.3 cm³/mol. The van der Waals surface area contributed by atoms with Gasteiger partial charge in [0.15, 0.2) is 0 Å². The van der Waals surface area contributed by atoms with Gasteiger partial charge in [-0.2, -0.15) is 4.98 Å². The molecule has 2 N–H and O–H groups in total. The quantitative estimate of drug-likeness (QED) is 0.912. The van der Waals surface area contributed by atoms with Crippen molar-refractivity contribution in [1.29, 1.82) is 0 Å². The number of nitrogens with two attached hydrogens (primary N) is 1. The van der Waals surface area contributed by atoms with Crippen LogP contribution in [-0.2, 0) is 0 Å². The summed E-state index contributed by atoms with van der Waals surface area (Å²) in [7, 11) is 2.18. The van der Waals surface area contributed by atoms with Crippen LogP contribution in [0.15, 0.2) is 12.1 Å². The van der Waals surface area contributed by atoms with E-state index in [1.165, 1.54) is 0 Å². The number of nitrogen functional groups attached to an aromatic ring is 1. The summed E-state index contributed by atoms with van der Waals surface area (Å²) in [4.78, 5) is 9.31. The van der Waals surface area contributed by atoms with Gasteiger partial charge in [0, 0.05) is 25.2 Å². The average Bonchev–Trinajstić information content (AvgIpc) is 2.43. The molecular formula is C15H26N4O. The molecule has 0 spiro atoms. The molecule has 1 aromatic heterocycles. The zero-order valence-electron chi connectivity index (χ0n) is 13.0. The molecule has 2 atom stereocenters. The topological polar surface area (TPSA) is 54.6 Å². The van der Waals surface area contributed by atoms with Gasteiger partial charge in [0.1, 0.15) is 5.82 Å². The van der Waals surface area contributed by atoms with Crippen molar-refractivity contribution in [2.75, 3.05) is 37.4 Å². The Morgan fingerprint density at radius 1 is 1.30 bits per heavy atom. The number of hydrogen-bond acceptors (Lipinski definition) is 5. The minimum absolute atomic E-state index is 0.512. The summed E-state index contributed by atoms with van der Waals surface area (Å²) in [5, 5.41) is 0. The lowest BCUT2D eigenvalue weighted by molar-refractivity contribution is 0.169. The highest BCUT2D eigenvalue weighted by atomic mass is 16.5. The molecule has 0 bridgehead atoms. The average molecular weight is 278 g/mol. The number of anilines is 2. The van der Waals surface area contributed by atoms with Crippen LogP contribution in [0.3, 0.4) is 0 Å². The van der Waals surface area contributed by atoms with Gasteiger partial charge in [-0.1, -0.05) is 6.92 Å². The number of likely N-dealkylation sites (N-methyl/N-ethyl adjacent to an activating group) is 1. The van der Waals surface area contributed by atoms with E-state index in [9.17, 15) is 0 Å². The van der Waals surface area contributed by atoms with Gasteiger partial charge in [-0.25, -0.2) is 0 Å². The molecule has 1 aromatic rings. The molecule has 2 unspecified atom stereocenters. The summed E-state index contributed by atoms with van der Waals surface area (Å²) in [6.45, 7) is 9.17. The van der Waals surface area contributed by atoms with Crippen LogP contribution in [0.4, 0.5) is 11.5 Å². The van der Waals surface area contributed by atoms with Crippen LogP contribution in [0.1, 0.15) is 27.2 Å². The summed E-state index contributed by atoms with van der Waals surface area (Å²) in [5.74, 6) is 1.51. The van der Waals surface area contributed by atoms with Gasteiger partial charge < -0.3 is 15.4 Å². The Labute approximate surface area is 121 Å². The fourth-order valence-corrected chi connectivity index (χ4v) is 2.52. The molecule has 0 saturated carbocycles. The van der Waals surface area contributed by atoms with E-state index >= 15 is 0 Å². The van der Waals surface area contributed by atoms with E-state index in [0.29, 0.717) is 30.3 Å². The van der Waals surface area contributed by atoms with Crippen molar-refractivity contribution in [3.8, 4) is 5.88 Å². The molecule has 0 amide bonds. The fourth-order valence-electron chi connectivity index (χ4n) is 2.52. The summed E-state index contributed by atoms with van der Waals surface area (Å²) in [6, 6.07) is 4.90. The van der Waals surface area contributed by atoms with E-state index in [1.54, 1.807) is 0 Å². The van der Waals surface area contributed by atoms with Crippen molar-refractivity contribution in [3.63, 3.8) is 0 Å². The number of rotatable bonds is 4. The van der Waals surface area contributed by atoms with Crippen LogP contribution in [0.2, 0.25) is 0 Å². The third kappa shape index (κ3) is 3.15. The maximum Gasteiger partial charge on any atom is 0.239 e. The third-order valence-corrected chi connectivity index (χ3v) is 4.00. The zero-order chi connectivity index (χ0) is 14.7. The summed E-state index contributed by atoms with van der Waals surface area (Å²) < 4.78 is 5.62. The van der Waals surface area contributed by atoms with E-state index in [2.05, 4.69) is 42.6 Å². The van der Waals surface area contributed by atoms with Crippen molar-refractivity contribution in [2.45, 2.75) is 39.3 Å². The van der Waals surface area contributed by atoms with Crippen molar-refractivity contribution < 1.29 is 4.74 Å². The molecule has 0 aromatic carbocycles. The Hall–Kier alpha value is -1.49. The molecule has 20 heavy (non-hydrogen) atoms. The minimum atomic E-state index is 0.512. The number of piperazine rings is 1. The molecule has 1 saturated heterocycles. The molecule has 0 radical (unpaired) electrons. The molecule has 0 aliphatic carbocycles. The van der Waals surface area contributed by atoms with E-state index < -0.39 is 0 Å². The molecule has 1 fully saturated rings. The van der Waals surface area contributed by atoms with Crippen molar-refractivity contribution >= 4 is 11.5 Å². The van der Waals surface area contributed by atoms with Gasteiger partial charge in [0.2, 0.25) is 5.88 Å². The zero-order valence-corrected chi connectivity index (χ0v) is 13.0. The molecule has 112 valence electrons. The van der Waals surface area contributed by atoms with Crippen LogP contribution in [0.25, 0.3) is 0 Å². The Bertz CT molecular complexity index is 439. The molecule has 5 heteroatoms. The van der Waals surface area contributed by atoms with Crippen molar-refractivity contribution in [2.24, 2.45) is 0 Å². The molecular weight excluding hydrogens is 252 g/mol. The standard InChI is InChI=1S/C15H26N4O/c1-5-8-20-15-13(16)6-7-14(17-15)19-9-11(2)18(4)12(3)10-19/h6-7,11-12H,5,8-10,16H2,1-4H3. The lowest BCUT2D eigenvalue weighted by Gasteiger charge is -2.43. The second-order valence-electron chi connectivity index (χ2n) is 5.68. The number of hydrogen-bond donors (Lipinski definition) is 1. The van der Waals surface area contributed by atoms with Crippen LogP contribution in [-0.4, -0.2) is 48.7 Å². The first-order valence-electron chi connectivity index (χ1n) is 7.39. The minimum Gasteiger partial charge on any atom is -0.476 e. The van der Waals surface area contributed by atoms with Gasteiger partial charge in [-0.15, -0.1) is 0 Å². The highest BCUT2D eigenvalue weighted by molar-refractivity contribution is 5.54. The van der Waals surface area contributed by atoms with E-state index in [4.69, 9.17) is 10.5 Å². The predicted octanol–water partition coefficient (Wildman–Crippen LogP) is 1.98. The van der Waals surface area contributed by atoms with Gasteiger partial charge in [-0.3, -0.25) is 4.90 Å². The fraction of sp³-hybridized carbons (Fsp3) is 0.667. The Kier molecular flexibility index (Phi) is 4.70. The number of nitrogens with zero attached hydrogens (tertiary/aromatic N) is 3. The molecule has 1 aliphatic heterocycles. The third-order valence-electron chi connectivity index (χ3n) is 4.00. The van der Waals surface area contributed by atoms with Crippen molar-refractivity contribution in [3.05, 3.63) is 12.1 Å². The largest absolute Gasteiger partial charge is 0.476 e. The first-order valence-corrected chi connectivity index (χ1v) is 7.39. The van der Waals surface area contributed by atoms with Gasteiger partial charge in [0.05, 0.1) is 12.3 Å². The highest BCUT2D eigenvalue weighted by Gasteiger charge is 2.27. The number of pyridine rings is 1. The van der Waals surface area contributed by atoms with Crippen LogP contribution >= 0.6 is 0 Å². The molecule has 5 nitrogen and oxygen atoms in total. The lowest BCUT2D eigenvalue weighted by atomic mass is 10.1. The Morgan fingerprint density at radius 3 is 2.55 bits per heavy atom. The van der Waals surface area contributed by atoms with E-state index in [-0.39, 0.29) is 0 Å². The van der Waals surface area contributed by atoms with Crippen molar-refractivity contribution in [1.82, 2.24) is 9.88 Å².